The van der Waals surface area contributed by atoms with Gasteiger partial charge in [0.05, 0.1) is 11.9 Å². The highest BCUT2D eigenvalue weighted by atomic mass is 32.2. The van der Waals surface area contributed by atoms with E-state index < -0.39 is 10.8 Å². The SMILES string of the molecule is COc1ccc(C2(S(C)=O)CC2)cc1. The van der Waals surface area contributed by atoms with Crippen LogP contribution in [-0.4, -0.2) is 17.6 Å². The van der Waals surface area contributed by atoms with Gasteiger partial charge in [-0.2, -0.15) is 0 Å². The van der Waals surface area contributed by atoms with Crippen LogP contribution in [0.15, 0.2) is 24.3 Å². The van der Waals surface area contributed by atoms with Crippen LogP contribution in [0.4, 0.5) is 0 Å². The number of hydrogen-bond acceptors (Lipinski definition) is 2. The van der Waals surface area contributed by atoms with Crippen molar-refractivity contribution in [3.63, 3.8) is 0 Å². The van der Waals surface area contributed by atoms with Crippen molar-refractivity contribution in [3.05, 3.63) is 29.8 Å². The van der Waals surface area contributed by atoms with Gasteiger partial charge in [0.1, 0.15) is 5.75 Å². The zero-order chi connectivity index (χ0) is 10.2. The van der Waals surface area contributed by atoms with E-state index in [1.165, 1.54) is 5.56 Å². The van der Waals surface area contributed by atoms with E-state index in [0.717, 1.165) is 18.6 Å². The van der Waals surface area contributed by atoms with Crippen LogP contribution in [0, 0.1) is 0 Å². The lowest BCUT2D eigenvalue weighted by Crippen LogP contribution is -2.12. The molecule has 0 saturated heterocycles. The zero-order valence-corrected chi connectivity index (χ0v) is 9.26. The third kappa shape index (κ3) is 1.46. The summed E-state index contributed by atoms with van der Waals surface area (Å²) in [6.45, 7) is 0. The van der Waals surface area contributed by atoms with Crippen LogP contribution in [0.2, 0.25) is 0 Å². The van der Waals surface area contributed by atoms with Crippen LogP contribution < -0.4 is 4.74 Å². The third-order valence-electron chi connectivity index (χ3n) is 2.87. The molecule has 3 heteroatoms. The Balaban J connectivity index is 2.29. The molecule has 1 fully saturated rings. The fraction of sp³-hybridized carbons (Fsp3) is 0.455. The Bertz CT molecular complexity index is 352. The summed E-state index contributed by atoms with van der Waals surface area (Å²) in [7, 11) is 0.888. The highest BCUT2D eigenvalue weighted by Gasteiger charge is 2.48. The minimum Gasteiger partial charge on any atom is -0.497 e. The second-order valence-corrected chi connectivity index (χ2v) is 5.37. The van der Waals surface area contributed by atoms with E-state index in [0.29, 0.717) is 0 Å². The van der Waals surface area contributed by atoms with E-state index in [2.05, 4.69) is 0 Å². The molecule has 0 aliphatic heterocycles. The Morgan fingerprint density at radius 1 is 1.29 bits per heavy atom. The van der Waals surface area contributed by atoms with Gasteiger partial charge in [0.15, 0.2) is 0 Å². The Kier molecular flexibility index (Phi) is 2.35. The van der Waals surface area contributed by atoms with Crippen molar-refractivity contribution in [1.82, 2.24) is 0 Å². The predicted molar refractivity (Wildman–Crippen MR) is 58.0 cm³/mol. The second-order valence-electron chi connectivity index (χ2n) is 3.68. The summed E-state index contributed by atoms with van der Waals surface area (Å²) in [4.78, 5) is 0. The zero-order valence-electron chi connectivity index (χ0n) is 8.45. The quantitative estimate of drug-likeness (QED) is 0.763. The van der Waals surface area contributed by atoms with E-state index >= 15 is 0 Å². The molecular weight excluding hydrogens is 196 g/mol. The van der Waals surface area contributed by atoms with Crippen molar-refractivity contribution in [2.45, 2.75) is 17.6 Å². The first-order valence-corrected chi connectivity index (χ1v) is 6.23. The Morgan fingerprint density at radius 3 is 2.21 bits per heavy atom. The molecule has 0 bridgehead atoms. The van der Waals surface area contributed by atoms with E-state index in [1.807, 2.05) is 24.3 Å². The standard InChI is InChI=1S/C11H14O2S/c1-13-10-5-3-9(4-6-10)11(7-8-11)14(2)12/h3-6H,7-8H2,1-2H3. The molecule has 14 heavy (non-hydrogen) atoms. The first-order chi connectivity index (χ1) is 6.69. The summed E-state index contributed by atoms with van der Waals surface area (Å²) in [5.74, 6) is 0.853. The van der Waals surface area contributed by atoms with E-state index in [9.17, 15) is 4.21 Å². The predicted octanol–water partition coefficient (Wildman–Crippen LogP) is 2.06. The molecule has 0 spiro atoms. The molecule has 1 unspecified atom stereocenters. The normalized spacial score (nSPS) is 20.1. The number of ether oxygens (including phenoxy) is 1. The van der Waals surface area contributed by atoms with Crippen LogP contribution in [0.5, 0.6) is 5.75 Å². The lowest BCUT2D eigenvalue weighted by atomic mass is 10.1. The summed E-state index contributed by atoms with van der Waals surface area (Å²) in [6, 6.07) is 7.91. The highest BCUT2D eigenvalue weighted by Crippen LogP contribution is 2.50. The molecule has 1 aliphatic carbocycles. The fourth-order valence-electron chi connectivity index (χ4n) is 1.75. The van der Waals surface area contributed by atoms with Crippen molar-refractivity contribution in [2.75, 3.05) is 13.4 Å². The third-order valence-corrected chi connectivity index (χ3v) is 4.61. The van der Waals surface area contributed by atoms with Crippen molar-refractivity contribution >= 4 is 10.8 Å². The van der Waals surface area contributed by atoms with Crippen LogP contribution in [-0.2, 0) is 15.5 Å². The lowest BCUT2D eigenvalue weighted by Gasteiger charge is -2.12. The van der Waals surface area contributed by atoms with Gasteiger partial charge >= 0.3 is 0 Å². The van der Waals surface area contributed by atoms with Gasteiger partial charge in [-0.1, -0.05) is 12.1 Å². The minimum atomic E-state index is -0.765. The molecule has 76 valence electrons. The minimum absolute atomic E-state index is 0.0493. The summed E-state index contributed by atoms with van der Waals surface area (Å²) in [5, 5.41) is 0. The maximum absolute atomic E-state index is 11.6. The van der Waals surface area contributed by atoms with Gasteiger partial charge in [0.25, 0.3) is 0 Å². The van der Waals surface area contributed by atoms with Crippen molar-refractivity contribution < 1.29 is 8.95 Å². The van der Waals surface area contributed by atoms with Crippen molar-refractivity contribution in [3.8, 4) is 5.75 Å². The molecule has 0 N–H and O–H groups in total. The van der Waals surface area contributed by atoms with Crippen molar-refractivity contribution in [2.24, 2.45) is 0 Å². The molecule has 0 heterocycles. The van der Waals surface area contributed by atoms with Gasteiger partial charge < -0.3 is 4.74 Å². The molecule has 0 radical (unpaired) electrons. The molecule has 0 amide bonds. The second kappa shape index (κ2) is 3.39. The average molecular weight is 210 g/mol. The monoisotopic (exact) mass is 210 g/mol. The average Bonchev–Trinajstić information content (AvgIpc) is 2.99. The Labute approximate surface area is 86.7 Å². The van der Waals surface area contributed by atoms with Gasteiger partial charge in [-0.15, -0.1) is 0 Å². The van der Waals surface area contributed by atoms with Crippen LogP contribution in [0.3, 0.4) is 0 Å². The Hall–Kier alpha value is -0.830. The summed E-state index contributed by atoms with van der Waals surface area (Å²) < 4.78 is 16.6. The van der Waals surface area contributed by atoms with E-state index in [1.54, 1.807) is 13.4 Å². The molecule has 2 nitrogen and oxygen atoms in total. The molecule has 1 aliphatic rings. The number of benzene rings is 1. The summed E-state index contributed by atoms with van der Waals surface area (Å²) >= 11 is 0. The smallest absolute Gasteiger partial charge is 0.118 e. The number of methoxy groups -OCH3 is 1. The largest absolute Gasteiger partial charge is 0.497 e. The maximum Gasteiger partial charge on any atom is 0.118 e. The first-order valence-electron chi connectivity index (χ1n) is 4.67. The molecule has 1 aromatic carbocycles. The molecule has 0 aromatic heterocycles. The van der Waals surface area contributed by atoms with Crippen LogP contribution in [0.1, 0.15) is 18.4 Å². The summed E-state index contributed by atoms with van der Waals surface area (Å²) in [6.07, 6.45) is 3.88. The molecular formula is C11H14O2S. The van der Waals surface area contributed by atoms with E-state index in [-0.39, 0.29) is 4.75 Å². The van der Waals surface area contributed by atoms with Crippen molar-refractivity contribution in [1.29, 1.82) is 0 Å². The van der Waals surface area contributed by atoms with Crippen LogP contribution in [0.25, 0.3) is 0 Å². The van der Waals surface area contributed by atoms with Gasteiger partial charge in [0, 0.05) is 17.1 Å². The molecule has 1 saturated carbocycles. The molecule has 2 rings (SSSR count). The highest BCUT2D eigenvalue weighted by molar-refractivity contribution is 7.85. The van der Waals surface area contributed by atoms with Gasteiger partial charge in [-0.05, 0) is 30.5 Å². The molecule has 1 aromatic rings. The summed E-state index contributed by atoms with van der Waals surface area (Å²) in [5.41, 5.74) is 1.18. The van der Waals surface area contributed by atoms with Gasteiger partial charge in [-0.3, -0.25) is 4.21 Å². The Morgan fingerprint density at radius 2 is 1.86 bits per heavy atom. The number of rotatable bonds is 3. The first kappa shape index (κ1) is 9.71. The topological polar surface area (TPSA) is 26.3 Å². The fourth-order valence-corrected chi connectivity index (χ4v) is 2.90. The number of hydrogen-bond donors (Lipinski definition) is 0. The van der Waals surface area contributed by atoms with Gasteiger partial charge in [0.2, 0.25) is 0 Å². The van der Waals surface area contributed by atoms with Crippen LogP contribution >= 0.6 is 0 Å². The van der Waals surface area contributed by atoms with E-state index in [4.69, 9.17) is 4.74 Å². The molecule has 1 atom stereocenters. The lowest BCUT2D eigenvalue weighted by molar-refractivity contribution is 0.414. The maximum atomic E-state index is 11.6. The van der Waals surface area contributed by atoms with Gasteiger partial charge in [-0.25, -0.2) is 0 Å².